The van der Waals surface area contributed by atoms with Crippen molar-refractivity contribution in [3.05, 3.63) is 23.7 Å². The molecule has 0 aromatic carbocycles. The topological polar surface area (TPSA) is 45.5 Å². The highest BCUT2D eigenvalue weighted by Gasteiger charge is 2.17. The van der Waals surface area contributed by atoms with Crippen LogP contribution in [0.25, 0.3) is 0 Å². The van der Waals surface area contributed by atoms with Crippen LogP contribution in [-0.4, -0.2) is 39.2 Å². The SMILES string of the molecule is CC(C)(C)NCc1ccc(CN2CCS(=O)CC2)o1. The minimum absolute atomic E-state index is 0.101. The molecule has 0 unspecified atom stereocenters. The van der Waals surface area contributed by atoms with E-state index in [2.05, 4.69) is 31.0 Å². The van der Waals surface area contributed by atoms with E-state index in [-0.39, 0.29) is 5.54 Å². The third-order valence-corrected chi connectivity index (χ3v) is 4.44. The highest BCUT2D eigenvalue weighted by Crippen LogP contribution is 2.13. The fraction of sp³-hybridized carbons (Fsp3) is 0.714. The van der Waals surface area contributed by atoms with Crippen LogP contribution in [-0.2, 0) is 23.9 Å². The first-order chi connectivity index (χ1) is 8.92. The lowest BCUT2D eigenvalue weighted by Gasteiger charge is -2.24. The standard InChI is InChI=1S/C14H24N2O2S/c1-14(2,3)15-10-12-4-5-13(18-12)11-16-6-8-19(17)9-7-16/h4-5,15H,6-11H2,1-3H3. The van der Waals surface area contributed by atoms with Gasteiger partial charge in [-0.2, -0.15) is 0 Å². The van der Waals surface area contributed by atoms with Crippen LogP contribution in [0.3, 0.4) is 0 Å². The Morgan fingerprint density at radius 3 is 2.53 bits per heavy atom. The predicted octanol–water partition coefficient (Wildman–Crippen LogP) is 1.73. The zero-order valence-electron chi connectivity index (χ0n) is 12.1. The van der Waals surface area contributed by atoms with Crippen LogP contribution < -0.4 is 5.32 Å². The van der Waals surface area contributed by atoms with Gasteiger partial charge < -0.3 is 9.73 Å². The van der Waals surface area contributed by atoms with E-state index in [1.807, 2.05) is 12.1 Å². The second-order valence-electron chi connectivity index (χ2n) is 6.10. The Bertz CT molecular complexity index is 427. The van der Waals surface area contributed by atoms with Gasteiger partial charge in [-0.1, -0.05) is 0 Å². The van der Waals surface area contributed by atoms with Crippen molar-refractivity contribution < 1.29 is 8.63 Å². The Balaban J connectivity index is 1.82. The lowest BCUT2D eigenvalue weighted by atomic mass is 10.1. The molecule has 0 spiro atoms. The first-order valence-electron chi connectivity index (χ1n) is 6.82. The minimum Gasteiger partial charge on any atom is -0.463 e. The number of nitrogens with one attached hydrogen (secondary N) is 1. The molecule has 1 N–H and O–H groups in total. The van der Waals surface area contributed by atoms with Gasteiger partial charge >= 0.3 is 0 Å². The molecule has 108 valence electrons. The quantitative estimate of drug-likeness (QED) is 0.914. The van der Waals surface area contributed by atoms with Crippen molar-refractivity contribution >= 4 is 10.8 Å². The van der Waals surface area contributed by atoms with E-state index in [9.17, 15) is 4.21 Å². The molecule has 0 saturated carbocycles. The summed E-state index contributed by atoms with van der Waals surface area (Å²) in [7, 11) is -0.609. The third-order valence-electron chi connectivity index (χ3n) is 3.16. The highest BCUT2D eigenvalue weighted by molar-refractivity contribution is 7.85. The van der Waals surface area contributed by atoms with Crippen LogP contribution in [0.15, 0.2) is 16.5 Å². The number of rotatable bonds is 4. The van der Waals surface area contributed by atoms with Crippen LogP contribution in [0.2, 0.25) is 0 Å². The lowest BCUT2D eigenvalue weighted by Crippen LogP contribution is -2.37. The average Bonchev–Trinajstić information content (AvgIpc) is 2.77. The molecular formula is C14H24N2O2S. The Morgan fingerprint density at radius 2 is 1.89 bits per heavy atom. The van der Waals surface area contributed by atoms with E-state index in [0.717, 1.165) is 49.2 Å². The summed E-state index contributed by atoms with van der Waals surface area (Å²) in [5.74, 6) is 3.56. The second-order valence-corrected chi connectivity index (χ2v) is 7.79. The zero-order valence-corrected chi connectivity index (χ0v) is 12.9. The minimum atomic E-state index is -0.609. The Labute approximate surface area is 118 Å². The maximum Gasteiger partial charge on any atom is 0.118 e. The molecule has 2 heterocycles. The van der Waals surface area contributed by atoms with Crippen LogP contribution >= 0.6 is 0 Å². The summed E-state index contributed by atoms with van der Waals surface area (Å²) in [6, 6.07) is 4.08. The molecule has 0 radical (unpaired) electrons. The van der Waals surface area contributed by atoms with E-state index in [1.165, 1.54) is 0 Å². The molecule has 0 aliphatic carbocycles. The van der Waals surface area contributed by atoms with Crippen molar-refractivity contribution in [2.75, 3.05) is 24.6 Å². The molecule has 4 nitrogen and oxygen atoms in total. The van der Waals surface area contributed by atoms with E-state index in [0.29, 0.717) is 0 Å². The van der Waals surface area contributed by atoms with Gasteiger partial charge in [-0.25, -0.2) is 0 Å². The molecule has 1 aliphatic rings. The van der Waals surface area contributed by atoms with Crippen molar-refractivity contribution in [2.24, 2.45) is 0 Å². The van der Waals surface area contributed by atoms with Gasteiger partial charge in [0.25, 0.3) is 0 Å². The van der Waals surface area contributed by atoms with Crippen molar-refractivity contribution in [1.82, 2.24) is 10.2 Å². The summed E-state index contributed by atoms with van der Waals surface area (Å²) >= 11 is 0. The zero-order chi connectivity index (χ0) is 13.9. The van der Waals surface area contributed by atoms with Crippen molar-refractivity contribution in [1.29, 1.82) is 0 Å². The molecule has 1 aromatic rings. The van der Waals surface area contributed by atoms with Gasteiger partial charge in [-0.05, 0) is 32.9 Å². The molecular weight excluding hydrogens is 260 g/mol. The number of nitrogens with zero attached hydrogens (tertiary/aromatic N) is 1. The molecule has 0 bridgehead atoms. The van der Waals surface area contributed by atoms with Gasteiger partial charge in [0, 0.05) is 40.9 Å². The Morgan fingerprint density at radius 1 is 1.26 bits per heavy atom. The van der Waals surface area contributed by atoms with E-state index >= 15 is 0 Å². The molecule has 1 saturated heterocycles. The molecule has 1 fully saturated rings. The van der Waals surface area contributed by atoms with Gasteiger partial charge in [0.1, 0.15) is 11.5 Å². The first kappa shape index (κ1) is 14.8. The molecule has 1 aliphatic heterocycles. The molecule has 0 atom stereocenters. The van der Waals surface area contributed by atoms with E-state index in [4.69, 9.17) is 4.42 Å². The van der Waals surface area contributed by atoms with Gasteiger partial charge in [-0.3, -0.25) is 9.11 Å². The maximum absolute atomic E-state index is 11.3. The largest absolute Gasteiger partial charge is 0.463 e. The summed E-state index contributed by atoms with van der Waals surface area (Å²) in [5, 5.41) is 3.41. The number of furan rings is 1. The van der Waals surface area contributed by atoms with Gasteiger partial charge in [0.15, 0.2) is 0 Å². The van der Waals surface area contributed by atoms with E-state index in [1.54, 1.807) is 0 Å². The fourth-order valence-corrected chi connectivity index (χ4v) is 3.14. The van der Waals surface area contributed by atoms with E-state index < -0.39 is 10.8 Å². The highest BCUT2D eigenvalue weighted by atomic mass is 32.2. The van der Waals surface area contributed by atoms with Crippen LogP contribution in [0.5, 0.6) is 0 Å². The summed E-state index contributed by atoms with van der Waals surface area (Å²) in [6.07, 6.45) is 0. The van der Waals surface area contributed by atoms with Crippen molar-refractivity contribution in [3.63, 3.8) is 0 Å². The summed E-state index contributed by atoms with van der Waals surface area (Å²) in [5.41, 5.74) is 0.101. The van der Waals surface area contributed by atoms with Crippen LogP contribution in [0.1, 0.15) is 32.3 Å². The molecule has 5 heteroatoms. The van der Waals surface area contributed by atoms with Crippen LogP contribution in [0.4, 0.5) is 0 Å². The first-order valence-corrected chi connectivity index (χ1v) is 8.31. The Hall–Kier alpha value is -0.650. The third kappa shape index (κ3) is 5.09. The maximum atomic E-state index is 11.3. The average molecular weight is 284 g/mol. The van der Waals surface area contributed by atoms with Gasteiger partial charge in [0.2, 0.25) is 0 Å². The number of hydrogen-bond acceptors (Lipinski definition) is 4. The van der Waals surface area contributed by atoms with Gasteiger partial charge in [0.05, 0.1) is 13.1 Å². The Kier molecular flexibility index (Phi) is 4.81. The van der Waals surface area contributed by atoms with Crippen molar-refractivity contribution in [2.45, 2.75) is 39.4 Å². The monoisotopic (exact) mass is 284 g/mol. The predicted molar refractivity (Wildman–Crippen MR) is 78.5 cm³/mol. The van der Waals surface area contributed by atoms with Gasteiger partial charge in [-0.15, -0.1) is 0 Å². The summed E-state index contributed by atoms with van der Waals surface area (Å²) < 4.78 is 17.1. The van der Waals surface area contributed by atoms with Crippen molar-refractivity contribution in [3.8, 4) is 0 Å². The summed E-state index contributed by atoms with van der Waals surface area (Å²) in [6.45, 7) is 9.83. The molecule has 2 rings (SSSR count). The molecule has 0 amide bonds. The van der Waals surface area contributed by atoms with Crippen LogP contribution in [0, 0.1) is 0 Å². The molecule has 1 aromatic heterocycles. The normalized spacial score (nSPS) is 18.9. The molecule has 19 heavy (non-hydrogen) atoms. The lowest BCUT2D eigenvalue weighted by molar-refractivity contribution is 0.260. The smallest absolute Gasteiger partial charge is 0.118 e. The summed E-state index contributed by atoms with van der Waals surface area (Å²) in [4.78, 5) is 2.31. The second kappa shape index (κ2) is 6.20. The fourth-order valence-electron chi connectivity index (χ4n) is 2.01. The number of hydrogen-bond donors (Lipinski definition) is 1.